The number of nitrogens with one attached hydrogen (secondary N) is 1. The SMILES string of the molecule is Cc1c(NC(=O)N(C)CCO)cccc1C(F)(F)F. The number of benzene rings is 1. The van der Waals surface area contributed by atoms with Gasteiger partial charge in [0.05, 0.1) is 12.2 Å². The van der Waals surface area contributed by atoms with Crippen LogP contribution in [0, 0.1) is 6.92 Å². The number of nitrogens with zero attached hydrogens (tertiary/aromatic N) is 1. The molecule has 19 heavy (non-hydrogen) atoms. The molecule has 7 heteroatoms. The molecule has 0 aliphatic heterocycles. The Labute approximate surface area is 108 Å². The summed E-state index contributed by atoms with van der Waals surface area (Å²) in [5, 5.41) is 11.1. The molecule has 2 amide bonds. The van der Waals surface area contributed by atoms with Crippen LogP contribution in [0.15, 0.2) is 18.2 Å². The molecule has 1 aromatic carbocycles. The summed E-state index contributed by atoms with van der Waals surface area (Å²) < 4.78 is 38.1. The number of aliphatic hydroxyl groups excluding tert-OH is 1. The Bertz CT molecular complexity index is 461. The maximum atomic E-state index is 12.7. The molecule has 2 N–H and O–H groups in total. The molecule has 0 spiro atoms. The molecule has 1 rings (SSSR count). The molecule has 0 atom stereocenters. The van der Waals surface area contributed by atoms with Gasteiger partial charge in [-0.1, -0.05) is 6.07 Å². The van der Waals surface area contributed by atoms with Gasteiger partial charge in [0.25, 0.3) is 0 Å². The van der Waals surface area contributed by atoms with Gasteiger partial charge in [-0.3, -0.25) is 0 Å². The quantitative estimate of drug-likeness (QED) is 0.891. The average molecular weight is 276 g/mol. The summed E-state index contributed by atoms with van der Waals surface area (Å²) in [5.41, 5.74) is -0.722. The largest absolute Gasteiger partial charge is 0.416 e. The van der Waals surface area contributed by atoms with Crippen molar-refractivity contribution in [3.63, 3.8) is 0 Å². The monoisotopic (exact) mass is 276 g/mol. The highest BCUT2D eigenvalue weighted by Gasteiger charge is 2.33. The third kappa shape index (κ3) is 3.85. The van der Waals surface area contributed by atoms with Crippen LogP contribution in [0.4, 0.5) is 23.7 Å². The highest BCUT2D eigenvalue weighted by atomic mass is 19.4. The molecule has 0 radical (unpaired) electrons. The fourth-order valence-electron chi connectivity index (χ4n) is 1.54. The lowest BCUT2D eigenvalue weighted by atomic mass is 10.1. The highest BCUT2D eigenvalue weighted by Crippen LogP contribution is 2.34. The lowest BCUT2D eigenvalue weighted by Gasteiger charge is -2.19. The Morgan fingerprint density at radius 3 is 2.58 bits per heavy atom. The first-order valence-corrected chi connectivity index (χ1v) is 5.57. The standard InChI is InChI=1S/C12H15F3N2O2/c1-8-9(12(13,14)15)4-3-5-10(8)16-11(19)17(2)6-7-18/h3-5,18H,6-7H2,1-2H3,(H,16,19). The van der Waals surface area contributed by atoms with Crippen molar-refractivity contribution < 1.29 is 23.1 Å². The smallest absolute Gasteiger partial charge is 0.395 e. The number of aliphatic hydroxyl groups is 1. The van der Waals surface area contributed by atoms with E-state index in [9.17, 15) is 18.0 Å². The third-order valence-corrected chi connectivity index (χ3v) is 2.66. The van der Waals surface area contributed by atoms with Crippen molar-refractivity contribution in [2.75, 3.05) is 25.5 Å². The van der Waals surface area contributed by atoms with E-state index >= 15 is 0 Å². The molecule has 0 aliphatic rings. The number of carbonyl (C=O) groups excluding carboxylic acids is 1. The molecule has 4 nitrogen and oxygen atoms in total. The van der Waals surface area contributed by atoms with Gasteiger partial charge < -0.3 is 15.3 Å². The van der Waals surface area contributed by atoms with Gasteiger partial charge in [0.2, 0.25) is 0 Å². The van der Waals surface area contributed by atoms with Crippen molar-refractivity contribution in [1.29, 1.82) is 0 Å². The minimum absolute atomic E-state index is 0.0410. The number of anilines is 1. The number of urea groups is 1. The summed E-state index contributed by atoms with van der Waals surface area (Å²) in [7, 11) is 1.44. The summed E-state index contributed by atoms with van der Waals surface area (Å²) in [4.78, 5) is 12.8. The zero-order chi connectivity index (χ0) is 14.6. The second kappa shape index (κ2) is 5.92. The minimum atomic E-state index is -4.46. The normalized spacial score (nSPS) is 11.3. The van der Waals surface area contributed by atoms with E-state index in [1.807, 2.05) is 0 Å². The van der Waals surface area contributed by atoms with Crippen molar-refractivity contribution in [3.05, 3.63) is 29.3 Å². The van der Waals surface area contributed by atoms with Crippen LogP contribution in [0.25, 0.3) is 0 Å². The summed E-state index contributed by atoms with van der Waals surface area (Å²) in [5.74, 6) is 0. The van der Waals surface area contributed by atoms with Crippen LogP contribution < -0.4 is 5.32 Å². The molecule has 1 aromatic rings. The Morgan fingerprint density at radius 1 is 1.42 bits per heavy atom. The van der Waals surface area contributed by atoms with Gasteiger partial charge in [-0.05, 0) is 24.6 Å². The second-order valence-electron chi connectivity index (χ2n) is 4.05. The Morgan fingerprint density at radius 2 is 2.05 bits per heavy atom. The van der Waals surface area contributed by atoms with E-state index in [1.165, 1.54) is 31.0 Å². The first-order chi connectivity index (χ1) is 8.77. The van der Waals surface area contributed by atoms with Crippen LogP contribution in [0.5, 0.6) is 0 Å². The van der Waals surface area contributed by atoms with Crippen LogP contribution in [-0.2, 0) is 6.18 Å². The minimum Gasteiger partial charge on any atom is -0.395 e. The van der Waals surface area contributed by atoms with Gasteiger partial charge in [0.15, 0.2) is 0 Å². The average Bonchev–Trinajstić information content (AvgIpc) is 2.30. The predicted molar refractivity (Wildman–Crippen MR) is 64.9 cm³/mol. The number of amides is 2. The van der Waals surface area contributed by atoms with Crippen LogP contribution in [-0.4, -0.2) is 36.2 Å². The number of halogens is 3. The maximum absolute atomic E-state index is 12.7. The zero-order valence-electron chi connectivity index (χ0n) is 10.6. The van der Waals surface area contributed by atoms with Crippen molar-refractivity contribution in [2.45, 2.75) is 13.1 Å². The molecule has 0 saturated carbocycles. The lowest BCUT2D eigenvalue weighted by molar-refractivity contribution is -0.138. The molecule has 0 saturated heterocycles. The lowest BCUT2D eigenvalue weighted by Crippen LogP contribution is -2.33. The van der Waals surface area contributed by atoms with Crippen molar-refractivity contribution in [1.82, 2.24) is 4.90 Å². The summed E-state index contributed by atoms with van der Waals surface area (Å²) in [6.45, 7) is 1.18. The van der Waals surface area contributed by atoms with E-state index in [0.29, 0.717) is 0 Å². The van der Waals surface area contributed by atoms with Gasteiger partial charge in [-0.2, -0.15) is 13.2 Å². The predicted octanol–water partition coefficient (Wildman–Crippen LogP) is 2.47. The van der Waals surface area contributed by atoms with E-state index < -0.39 is 17.8 Å². The number of alkyl halides is 3. The van der Waals surface area contributed by atoms with Gasteiger partial charge in [0.1, 0.15) is 0 Å². The summed E-state index contributed by atoms with van der Waals surface area (Å²) in [6, 6.07) is 3.02. The van der Waals surface area contributed by atoms with E-state index in [-0.39, 0.29) is 24.4 Å². The van der Waals surface area contributed by atoms with Crippen LogP contribution in [0.3, 0.4) is 0 Å². The van der Waals surface area contributed by atoms with E-state index in [4.69, 9.17) is 5.11 Å². The molecule has 0 unspecified atom stereocenters. The number of hydrogen-bond acceptors (Lipinski definition) is 2. The zero-order valence-corrected chi connectivity index (χ0v) is 10.6. The Hall–Kier alpha value is -1.76. The molecule has 0 aromatic heterocycles. The molecular formula is C12H15F3N2O2. The molecule has 0 fully saturated rings. The van der Waals surface area contributed by atoms with E-state index in [1.54, 1.807) is 0 Å². The van der Waals surface area contributed by atoms with Gasteiger partial charge in [0, 0.05) is 19.3 Å². The van der Waals surface area contributed by atoms with Crippen molar-refractivity contribution >= 4 is 11.7 Å². The number of rotatable bonds is 3. The van der Waals surface area contributed by atoms with Crippen LogP contribution >= 0.6 is 0 Å². The fraction of sp³-hybridized carbons (Fsp3) is 0.417. The number of hydrogen-bond donors (Lipinski definition) is 2. The maximum Gasteiger partial charge on any atom is 0.416 e. The van der Waals surface area contributed by atoms with E-state index in [0.717, 1.165) is 6.07 Å². The summed E-state index contributed by atoms with van der Waals surface area (Å²) in [6.07, 6.45) is -4.46. The van der Waals surface area contributed by atoms with Gasteiger partial charge in [-0.25, -0.2) is 4.79 Å². The number of likely N-dealkylation sites (N-methyl/N-ethyl adjacent to an activating group) is 1. The fourth-order valence-corrected chi connectivity index (χ4v) is 1.54. The third-order valence-electron chi connectivity index (χ3n) is 2.66. The van der Waals surface area contributed by atoms with Crippen molar-refractivity contribution in [2.24, 2.45) is 0 Å². The van der Waals surface area contributed by atoms with E-state index in [2.05, 4.69) is 5.32 Å². The Balaban J connectivity index is 2.94. The van der Waals surface area contributed by atoms with Crippen LogP contribution in [0.2, 0.25) is 0 Å². The van der Waals surface area contributed by atoms with Gasteiger partial charge in [-0.15, -0.1) is 0 Å². The first kappa shape index (κ1) is 15.3. The molecule has 0 bridgehead atoms. The second-order valence-corrected chi connectivity index (χ2v) is 4.05. The summed E-state index contributed by atoms with van der Waals surface area (Å²) >= 11 is 0. The van der Waals surface area contributed by atoms with Crippen LogP contribution in [0.1, 0.15) is 11.1 Å². The number of carbonyl (C=O) groups is 1. The molecule has 0 aliphatic carbocycles. The Kier molecular flexibility index (Phi) is 4.77. The highest BCUT2D eigenvalue weighted by molar-refractivity contribution is 5.90. The van der Waals surface area contributed by atoms with Gasteiger partial charge >= 0.3 is 12.2 Å². The molecule has 0 heterocycles. The van der Waals surface area contributed by atoms with Crippen molar-refractivity contribution in [3.8, 4) is 0 Å². The topological polar surface area (TPSA) is 52.6 Å². The molecule has 106 valence electrons. The molecular weight excluding hydrogens is 261 g/mol. The first-order valence-electron chi connectivity index (χ1n) is 5.57.